The molecule has 3 N–H and O–H groups in total. The fourth-order valence-corrected chi connectivity index (χ4v) is 10.4. The number of benzene rings is 1. The van der Waals surface area contributed by atoms with Crippen LogP contribution < -0.4 is 0 Å². The van der Waals surface area contributed by atoms with Gasteiger partial charge in [0.25, 0.3) is 0 Å². The van der Waals surface area contributed by atoms with Gasteiger partial charge in [-0.25, -0.2) is 4.79 Å². The van der Waals surface area contributed by atoms with Crippen LogP contribution in [0.2, 0.25) is 0 Å². The molecule has 0 bridgehead atoms. The number of rotatable bonds is 10. The first-order valence-corrected chi connectivity index (χ1v) is 18.0. The minimum atomic E-state index is -1.72. The first kappa shape index (κ1) is 33.9. The van der Waals surface area contributed by atoms with E-state index in [1.54, 1.807) is 0 Å². The van der Waals surface area contributed by atoms with Gasteiger partial charge in [-0.2, -0.15) is 0 Å². The van der Waals surface area contributed by atoms with Crippen molar-refractivity contribution in [3.63, 3.8) is 0 Å². The average molecular weight is 713 g/mol. The molecule has 3 aliphatic carbocycles. The van der Waals surface area contributed by atoms with Crippen LogP contribution in [0.3, 0.4) is 0 Å². The molecule has 276 valence electrons. The SMILES string of the molecule is CC(C)[C@]12O[C@H]1[C@@H]1O[C@]13[C@]1(O[C@H]1C[C@H]1C4=C(CC[C@@]13C)C(=O)OC4)[C@@H]2OC(=O)CCC(=O)O[C@H]1OC(COCc2ccccc2)[C@H](O)[C@H](O)C1O. The average Bonchev–Trinajstić information content (AvgIpc) is 4.04. The van der Waals surface area contributed by atoms with E-state index in [1.807, 2.05) is 44.2 Å². The highest BCUT2D eigenvalue weighted by atomic mass is 16.8. The fraction of sp³-hybridized carbons (Fsp3) is 0.703. The molecule has 2 spiro atoms. The summed E-state index contributed by atoms with van der Waals surface area (Å²) in [6, 6.07) is 9.33. The zero-order valence-electron chi connectivity index (χ0n) is 28.7. The number of carbonyl (C=O) groups is 3. The van der Waals surface area contributed by atoms with Crippen molar-refractivity contribution >= 4 is 17.9 Å². The molecule has 14 heteroatoms. The topological polar surface area (TPSA) is 196 Å². The summed E-state index contributed by atoms with van der Waals surface area (Å²) in [6.45, 7) is 6.61. The summed E-state index contributed by atoms with van der Waals surface area (Å²) < 4.78 is 48.2. The fourth-order valence-electron chi connectivity index (χ4n) is 10.4. The van der Waals surface area contributed by atoms with Crippen LogP contribution in [0.4, 0.5) is 0 Å². The normalized spacial score (nSPS) is 46.8. The lowest BCUT2D eigenvalue weighted by molar-refractivity contribution is -0.294. The summed E-state index contributed by atoms with van der Waals surface area (Å²) in [5.74, 6) is -1.75. The Morgan fingerprint density at radius 1 is 0.961 bits per heavy atom. The Balaban J connectivity index is 0.862. The first-order chi connectivity index (χ1) is 24.4. The van der Waals surface area contributed by atoms with E-state index >= 15 is 0 Å². The molecule has 51 heavy (non-hydrogen) atoms. The van der Waals surface area contributed by atoms with Crippen LogP contribution in [0.1, 0.15) is 58.4 Å². The van der Waals surface area contributed by atoms with E-state index in [-0.39, 0.29) is 62.4 Å². The van der Waals surface area contributed by atoms with E-state index in [2.05, 4.69) is 6.92 Å². The Kier molecular flexibility index (Phi) is 7.65. The Morgan fingerprint density at radius 2 is 1.71 bits per heavy atom. The molecule has 6 fully saturated rings. The van der Waals surface area contributed by atoms with Crippen molar-refractivity contribution < 1.29 is 67.6 Å². The van der Waals surface area contributed by atoms with Crippen molar-refractivity contribution in [2.45, 2.75) is 131 Å². The Morgan fingerprint density at radius 3 is 2.45 bits per heavy atom. The second kappa shape index (κ2) is 11.5. The number of aliphatic hydroxyl groups is 3. The molecule has 2 saturated carbocycles. The number of cyclic esters (lactones) is 1. The van der Waals surface area contributed by atoms with E-state index in [0.717, 1.165) is 16.7 Å². The van der Waals surface area contributed by atoms with E-state index in [9.17, 15) is 29.7 Å². The van der Waals surface area contributed by atoms with Gasteiger partial charge in [0.2, 0.25) is 6.29 Å². The van der Waals surface area contributed by atoms with Gasteiger partial charge < -0.3 is 53.2 Å². The van der Waals surface area contributed by atoms with Crippen molar-refractivity contribution in [1.29, 1.82) is 0 Å². The lowest BCUT2D eigenvalue weighted by atomic mass is 9.46. The molecular weight excluding hydrogens is 668 g/mol. The molecule has 1 aromatic rings. The summed E-state index contributed by atoms with van der Waals surface area (Å²) in [5, 5.41) is 31.4. The number of fused-ring (bicyclic) bond motifs is 4. The summed E-state index contributed by atoms with van der Waals surface area (Å²) in [4.78, 5) is 39.0. The van der Waals surface area contributed by atoms with Gasteiger partial charge in [-0.15, -0.1) is 0 Å². The van der Waals surface area contributed by atoms with Crippen molar-refractivity contribution in [1.82, 2.24) is 0 Å². The van der Waals surface area contributed by atoms with Crippen LogP contribution in [-0.2, 0) is 58.9 Å². The molecular formula is C37H44O14. The summed E-state index contributed by atoms with van der Waals surface area (Å²) in [6.07, 6.45) is -7.91. The second-order valence-corrected chi connectivity index (χ2v) is 15.9. The third kappa shape index (κ3) is 4.60. The van der Waals surface area contributed by atoms with E-state index in [1.165, 1.54) is 0 Å². The van der Waals surface area contributed by atoms with Crippen molar-refractivity contribution in [3.05, 3.63) is 47.0 Å². The molecule has 0 radical (unpaired) electrons. The van der Waals surface area contributed by atoms with Gasteiger partial charge in [-0.05, 0) is 42.2 Å². The predicted molar refractivity (Wildman–Crippen MR) is 169 cm³/mol. The first-order valence-electron chi connectivity index (χ1n) is 18.0. The van der Waals surface area contributed by atoms with Crippen LogP contribution in [0, 0.1) is 17.3 Å². The molecule has 2 unspecified atom stereocenters. The minimum Gasteiger partial charge on any atom is -0.458 e. The van der Waals surface area contributed by atoms with Crippen LogP contribution in [0.15, 0.2) is 41.5 Å². The highest BCUT2D eigenvalue weighted by Crippen LogP contribution is 2.83. The maximum atomic E-state index is 13.6. The molecule has 5 aliphatic heterocycles. The van der Waals surface area contributed by atoms with Crippen LogP contribution >= 0.6 is 0 Å². The van der Waals surface area contributed by atoms with Crippen molar-refractivity contribution in [2.75, 3.05) is 13.2 Å². The van der Waals surface area contributed by atoms with Crippen molar-refractivity contribution in [3.8, 4) is 0 Å². The monoisotopic (exact) mass is 712 g/mol. The maximum Gasteiger partial charge on any atom is 0.334 e. The molecule has 14 nitrogen and oxygen atoms in total. The largest absolute Gasteiger partial charge is 0.458 e. The number of hydrogen-bond acceptors (Lipinski definition) is 14. The zero-order chi connectivity index (χ0) is 35.7. The smallest absolute Gasteiger partial charge is 0.334 e. The van der Waals surface area contributed by atoms with E-state index < -0.39 is 77.4 Å². The summed E-state index contributed by atoms with van der Waals surface area (Å²) in [7, 11) is 0. The molecule has 1 aromatic carbocycles. The molecule has 4 saturated heterocycles. The van der Waals surface area contributed by atoms with Crippen molar-refractivity contribution in [2.24, 2.45) is 17.3 Å². The predicted octanol–water partition coefficient (Wildman–Crippen LogP) is 1.00. The van der Waals surface area contributed by atoms with E-state index in [4.69, 9.17) is 37.9 Å². The number of epoxide rings is 3. The molecule has 0 aromatic heterocycles. The number of carbonyl (C=O) groups excluding carboxylic acids is 3. The third-order valence-electron chi connectivity index (χ3n) is 13.2. The Labute approximate surface area is 294 Å². The summed E-state index contributed by atoms with van der Waals surface area (Å²) in [5.41, 5.74) is -0.196. The number of hydrogen-bond donors (Lipinski definition) is 3. The highest BCUT2D eigenvalue weighted by molar-refractivity contribution is 5.92. The molecule has 14 atom stereocenters. The van der Waals surface area contributed by atoms with Gasteiger partial charge in [-0.1, -0.05) is 51.1 Å². The second-order valence-electron chi connectivity index (χ2n) is 15.9. The van der Waals surface area contributed by atoms with Gasteiger partial charge in [0.15, 0.2) is 11.7 Å². The zero-order valence-corrected chi connectivity index (χ0v) is 28.7. The van der Waals surface area contributed by atoms with Gasteiger partial charge in [0.1, 0.15) is 54.4 Å². The molecule has 9 rings (SSSR count). The molecule has 8 aliphatic rings. The third-order valence-corrected chi connectivity index (χ3v) is 13.2. The standard InChI is InChI=1S/C37H44O14/c1-17(2)35-29(50-35)30-37(51-30)34(3)12-11-19-20(15-45-31(19)43)21(34)13-23-36(37,49-23)33(35)48-25(39)10-9-24(38)47-32-28(42)27(41)26(40)22(46-32)16-44-14-18-7-5-4-6-8-18/h4-8,17,21-23,26-30,32-33,40-42H,9-16H2,1-3H3/t21-,22?,23-,26-,27-,28?,29-,30-,32+,33+,34-,35-,36+,37+/m0/s1. The Bertz CT molecular complexity index is 1660. The molecule has 5 heterocycles. The lowest BCUT2D eigenvalue weighted by Gasteiger charge is -2.53. The number of esters is 3. The highest BCUT2D eigenvalue weighted by Gasteiger charge is 3.01. The van der Waals surface area contributed by atoms with Gasteiger partial charge >= 0.3 is 17.9 Å². The summed E-state index contributed by atoms with van der Waals surface area (Å²) >= 11 is 0. The lowest BCUT2D eigenvalue weighted by Crippen LogP contribution is -2.70. The quantitative estimate of drug-likeness (QED) is 0.177. The van der Waals surface area contributed by atoms with E-state index in [0.29, 0.717) is 19.3 Å². The maximum absolute atomic E-state index is 13.6. The van der Waals surface area contributed by atoms with Gasteiger partial charge in [-0.3, -0.25) is 9.59 Å². The van der Waals surface area contributed by atoms with Crippen LogP contribution in [0.25, 0.3) is 0 Å². The molecule has 0 amide bonds. The Hall–Kier alpha value is -2.95. The number of aliphatic hydroxyl groups excluding tert-OH is 3. The van der Waals surface area contributed by atoms with Crippen LogP contribution in [-0.4, -0.2) is 118 Å². The minimum absolute atomic E-state index is 0.0294. The van der Waals surface area contributed by atoms with Crippen LogP contribution in [0.5, 0.6) is 0 Å². The van der Waals surface area contributed by atoms with Gasteiger partial charge in [0, 0.05) is 11.0 Å². The van der Waals surface area contributed by atoms with Gasteiger partial charge in [0.05, 0.1) is 32.2 Å². The number of ether oxygens (including phenoxy) is 8.